The van der Waals surface area contributed by atoms with Crippen molar-refractivity contribution in [3.05, 3.63) is 0 Å². The third kappa shape index (κ3) is 4.40. The molecular weight excluding hydrogens is 306 g/mol. The van der Waals surface area contributed by atoms with Gasteiger partial charge in [-0.2, -0.15) is 17.4 Å². The topological polar surface area (TPSA) is 104 Å². The molecule has 0 saturated carbocycles. The zero-order valence-electron chi connectivity index (χ0n) is 11.9. The van der Waals surface area contributed by atoms with Crippen LogP contribution < -0.4 is 4.72 Å². The molecular formula is C10H21N3O5S2. The molecule has 1 rings (SSSR count). The Morgan fingerprint density at radius 2 is 1.95 bits per heavy atom. The standard InChI is InChI=1S/C10H21N3O5S2/c1-4-13(9-5-6-19(15,16)8-9)10(14)7-11-20(17,18)12(2)3/h9,11H,4-8H2,1-3H3. The molecule has 0 aromatic rings. The SMILES string of the molecule is CCN(C(=O)CNS(=O)(=O)N(C)C)C1CCS(=O)(=O)C1. The van der Waals surface area contributed by atoms with Crippen LogP contribution in [0, 0.1) is 0 Å². The highest BCUT2D eigenvalue weighted by Crippen LogP contribution is 2.17. The Morgan fingerprint density at radius 1 is 1.35 bits per heavy atom. The summed E-state index contributed by atoms with van der Waals surface area (Å²) < 4.78 is 49.0. The van der Waals surface area contributed by atoms with E-state index in [0.717, 1.165) is 4.31 Å². The Hall–Kier alpha value is -0.710. The Balaban J connectivity index is 2.65. The van der Waals surface area contributed by atoms with Crippen LogP contribution in [-0.2, 0) is 24.8 Å². The summed E-state index contributed by atoms with van der Waals surface area (Å²) in [5, 5.41) is 0. The largest absolute Gasteiger partial charge is 0.338 e. The molecule has 1 atom stereocenters. The van der Waals surface area contributed by atoms with Crippen LogP contribution in [0.3, 0.4) is 0 Å². The second kappa shape index (κ2) is 6.37. The summed E-state index contributed by atoms with van der Waals surface area (Å²) in [6.07, 6.45) is 0.405. The van der Waals surface area contributed by atoms with E-state index < -0.39 is 26.0 Å². The van der Waals surface area contributed by atoms with E-state index in [2.05, 4.69) is 4.72 Å². The van der Waals surface area contributed by atoms with Gasteiger partial charge in [-0.05, 0) is 13.3 Å². The van der Waals surface area contributed by atoms with Crippen molar-refractivity contribution in [1.82, 2.24) is 13.9 Å². The van der Waals surface area contributed by atoms with Gasteiger partial charge in [-0.1, -0.05) is 0 Å². The minimum atomic E-state index is -3.66. The second-order valence-electron chi connectivity index (χ2n) is 4.85. The Kier molecular flexibility index (Phi) is 5.53. The van der Waals surface area contributed by atoms with E-state index in [1.807, 2.05) is 0 Å². The lowest BCUT2D eigenvalue weighted by atomic mass is 10.2. The lowest BCUT2D eigenvalue weighted by Gasteiger charge is -2.27. The highest BCUT2D eigenvalue weighted by atomic mass is 32.2. The van der Waals surface area contributed by atoms with Gasteiger partial charge in [-0.3, -0.25) is 4.79 Å². The Morgan fingerprint density at radius 3 is 2.35 bits per heavy atom. The molecule has 1 saturated heterocycles. The van der Waals surface area contributed by atoms with Crippen molar-refractivity contribution in [1.29, 1.82) is 0 Å². The van der Waals surface area contributed by atoms with Crippen molar-refractivity contribution in [2.75, 3.05) is 38.7 Å². The van der Waals surface area contributed by atoms with Gasteiger partial charge in [0.25, 0.3) is 10.2 Å². The Bertz CT molecular complexity index is 555. The van der Waals surface area contributed by atoms with E-state index in [0.29, 0.717) is 13.0 Å². The molecule has 0 bridgehead atoms. The molecule has 0 radical (unpaired) electrons. The predicted molar refractivity (Wildman–Crippen MR) is 75.1 cm³/mol. The fraction of sp³-hybridized carbons (Fsp3) is 0.900. The highest BCUT2D eigenvalue weighted by Gasteiger charge is 2.34. The van der Waals surface area contributed by atoms with E-state index in [-0.39, 0.29) is 24.1 Å². The molecule has 118 valence electrons. The molecule has 1 unspecified atom stereocenters. The van der Waals surface area contributed by atoms with Gasteiger partial charge in [0.15, 0.2) is 9.84 Å². The zero-order valence-corrected chi connectivity index (χ0v) is 13.5. The van der Waals surface area contributed by atoms with Gasteiger partial charge in [0.2, 0.25) is 5.91 Å². The minimum absolute atomic E-state index is 0.0486. The van der Waals surface area contributed by atoms with Crippen molar-refractivity contribution >= 4 is 26.0 Å². The van der Waals surface area contributed by atoms with Crippen LogP contribution in [-0.4, -0.2) is 76.7 Å². The van der Waals surface area contributed by atoms with Crippen LogP contribution in [0.5, 0.6) is 0 Å². The first-order valence-corrected chi connectivity index (χ1v) is 9.52. The number of nitrogens with zero attached hydrogens (tertiary/aromatic N) is 2. The number of hydrogen-bond acceptors (Lipinski definition) is 5. The number of nitrogens with one attached hydrogen (secondary N) is 1. The molecule has 8 nitrogen and oxygen atoms in total. The zero-order chi connectivity index (χ0) is 15.6. The van der Waals surface area contributed by atoms with E-state index >= 15 is 0 Å². The summed E-state index contributed by atoms with van der Waals surface area (Å²) in [4.78, 5) is 13.4. The molecule has 1 heterocycles. The first-order chi connectivity index (χ1) is 9.09. The molecule has 0 aromatic heterocycles. The monoisotopic (exact) mass is 327 g/mol. The fourth-order valence-corrected chi connectivity index (χ4v) is 4.34. The number of amides is 1. The molecule has 1 amide bonds. The molecule has 1 N–H and O–H groups in total. The molecule has 20 heavy (non-hydrogen) atoms. The molecule has 1 aliphatic rings. The third-order valence-electron chi connectivity index (χ3n) is 3.20. The average Bonchev–Trinajstić information content (AvgIpc) is 2.68. The molecule has 1 aliphatic heterocycles. The third-order valence-corrected chi connectivity index (χ3v) is 6.42. The second-order valence-corrected chi connectivity index (χ2v) is 9.04. The minimum Gasteiger partial charge on any atom is -0.338 e. The summed E-state index contributed by atoms with van der Waals surface area (Å²) in [5.41, 5.74) is 0. The summed E-state index contributed by atoms with van der Waals surface area (Å²) in [5.74, 6) is -0.391. The van der Waals surface area contributed by atoms with Crippen LogP contribution in [0.15, 0.2) is 0 Å². The van der Waals surface area contributed by atoms with Crippen LogP contribution in [0.1, 0.15) is 13.3 Å². The highest BCUT2D eigenvalue weighted by molar-refractivity contribution is 7.91. The summed E-state index contributed by atoms with van der Waals surface area (Å²) >= 11 is 0. The van der Waals surface area contributed by atoms with E-state index in [4.69, 9.17) is 0 Å². The lowest BCUT2D eigenvalue weighted by Crippen LogP contribution is -2.47. The van der Waals surface area contributed by atoms with Crippen LogP contribution in [0.2, 0.25) is 0 Å². The van der Waals surface area contributed by atoms with Gasteiger partial charge < -0.3 is 4.90 Å². The normalized spacial score (nSPS) is 22.1. The maximum absolute atomic E-state index is 12.0. The number of likely N-dealkylation sites (N-methyl/N-ethyl adjacent to an activating group) is 1. The number of sulfone groups is 1. The van der Waals surface area contributed by atoms with Gasteiger partial charge in [-0.15, -0.1) is 0 Å². The molecule has 1 fully saturated rings. The molecule has 0 spiro atoms. The van der Waals surface area contributed by atoms with Crippen molar-refractivity contribution in [2.24, 2.45) is 0 Å². The Labute approximate surface area is 120 Å². The van der Waals surface area contributed by atoms with E-state index in [1.54, 1.807) is 6.92 Å². The molecule has 0 aliphatic carbocycles. The van der Waals surface area contributed by atoms with E-state index in [1.165, 1.54) is 19.0 Å². The number of carbonyl (C=O) groups is 1. The van der Waals surface area contributed by atoms with Crippen LogP contribution in [0.4, 0.5) is 0 Å². The van der Waals surface area contributed by atoms with Crippen LogP contribution in [0.25, 0.3) is 0 Å². The van der Waals surface area contributed by atoms with Crippen molar-refractivity contribution < 1.29 is 21.6 Å². The summed E-state index contributed by atoms with van der Waals surface area (Å²) in [6.45, 7) is 1.72. The van der Waals surface area contributed by atoms with Gasteiger partial charge in [-0.25, -0.2) is 8.42 Å². The predicted octanol–water partition coefficient (Wildman–Crippen LogP) is -1.58. The van der Waals surface area contributed by atoms with Crippen molar-refractivity contribution in [3.8, 4) is 0 Å². The van der Waals surface area contributed by atoms with Gasteiger partial charge in [0, 0.05) is 26.7 Å². The summed E-state index contributed by atoms with van der Waals surface area (Å²) in [7, 11) is -4.04. The first-order valence-electron chi connectivity index (χ1n) is 6.26. The lowest BCUT2D eigenvalue weighted by molar-refractivity contribution is -0.131. The quantitative estimate of drug-likeness (QED) is 0.634. The maximum Gasteiger partial charge on any atom is 0.279 e. The van der Waals surface area contributed by atoms with Crippen LogP contribution >= 0.6 is 0 Å². The molecule has 0 aromatic carbocycles. The fourth-order valence-electron chi connectivity index (χ4n) is 2.04. The smallest absolute Gasteiger partial charge is 0.279 e. The van der Waals surface area contributed by atoms with Gasteiger partial charge in [0.05, 0.1) is 18.1 Å². The first kappa shape index (κ1) is 17.3. The van der Waals surface area contributed by atoms with E-state index in [9.17, 15) is 21.6 Å². The number of hydrogen-bond donors (Lipinski definition) is 1. The van der Waals surface area contributed by atoms with Gasteiger partial charge >= 0.3 is 0 Å². The summed E-state index contributed by atoms with van der Waals surface area (Å²) in [6, 6.07) is -0.360. The number of rotatable bonds is 6. The maximum atomic E-state index is 12.0. The number of carbonyl (C=O) groups excluding carboxylic acids is 1. The average molecular weight is 327 g/mol. The molecule has 10 heteroatoms. The van der Waals surface area contributed by atoms with Crippen molar-refractivity contribution in [2.45, 2.75) is 19.4 Å². The van der Waals surface area contributed by atoms with Crippen molar-refractivity contribution in [3.63, 3.8) is 0 Å². The van der Waals surface area contributed by atoms with Gasteiger partial charge in [0.1, 0.15) is 0 Å².